The molecule has 20 heavy (non-hydrogen) atoms. The maximum Gasteiger partial charge on any atom is 0.251 e. The number of nitrogens with one attached hydrogen (secondary N) is 1. The summed E-state index contributed by atoms with van der Waals surface area (Å²) in [5.74, 6) is 0.317. The van der Waals surface area contributed by atoms with Crippen molar-refractivity contribution in [2.45, 2.75) is 39.2 Å². The molecule has 5 heteroatoms. The molecule has 0 spiro atoms. The number of halogens is 1. The zero-order valence-electron chi connectivity index (χ0n) is 12.0. The van der Waals surface area contributed by atoms with Crippen molar-refractivity contribution in [2.75, 3.05) is 13.2 Å². The summed E-state index contributed by atoms with van der Waals surface area (Å²) in [4.78, 5) is 16.3. The first-order valence-corrected chi connectivity index (χ1v) is 7.58. The highest BCUT2D eigenvalue weighted by Crippen LogP contribution is 2.22. The SMILES string of the molecule is CCc1cc(C(=O)NCC2CCOC2CC)cc(Cl)n1. The summed E-state index contributed by atoms with van der Waals surface area (Å²) in [6.07, 6.45) is 3.02. The zero-order valence-corrected chi connectivity index (χ0v) is 12.7. The molecular formula is C15H21ClN2O2. The van der Waals surface area contributed by atoms with Crippen LogP contribution in [0.25, 0.3) is 0 Å². The third kappa shape index (κ3) is 3.70. The van der Waals surface area contributed by atoms with Crippen molar-refractivity contribution < 1.29 is 9.53 Å². The van der Waals surface area contributed by atoms with Gasteiger partial charge in [0, 0.05) is 30.3 Å². The first-order valence-electron chi connectivity index (χ1n) is 7.20. The van der Waals surface area contributed by atoms with E-state index in [9.17, 15) is 4.79 Å². The normalized spacial score (nSPS) is 21.9. The Hall–Kier alpha value is -1.13. The highest BCUT2D eigenvalue weighted by Gasteiger charge is 2.26. The third-order valence-electron chi connectivity index (χ3n) is 3.75. The number of nitrogens with zero attached hydrogens (tertiary/aromatic N) is 1. The summed E-state index contributed by atoms with van der Waals surface area (Å²) in [5.41, 5.74) is 1.41. The maximum absolute atomic E-state index is 12.2. The average Bonchev–Trinajstić information content (AvgIpc) is 2.91. The largest absolute Gasteiger partial charge is 0.378 e. The molecule has 1 fully saturated rings. The second-order valence-corrected chi connectivity index (χ2v) is 5.49. The number of ether oxygens (including phenoxy) is 1. The molecule has 1 aromatic heterocycles. The second-order valence-electron chi connectivity index (χ2n) is 5.10. The summed E-state index contributed by atoms with van der Waals surface area (Å²) >= 11 is 5.93. The van der Waals surface area contributed by atoms with Crippen LogP contribution < -0.4 is 5.32 Å². The maximum atomic E-state index is 12.2. The fraction of sp³-hybridized carbons (Fsp3) is 0.600. The predicted molar refractivity (Wildman–Crippen MR) is 79.1 cm³/mol. The Bertz CT molecular complexity index is 479. The number of aryl methyl sites for hydroxylation is 1. The number of hydrogen-bond acceptors (Lipinski definition) is 3. The van der Waals surface area contributed by atoms with Crippen molar-refractivity contribution in [3.05, 3.63) is 28.5 Å². The number of aromatic nitrogens is 1. The molecule has 1 amide bonds. The van der Waals surface area contributed by atoms with E-state index >= 15 is 0 Å². The lowest BCUT2D eigenvalue weighted by Gasteiger charge is -2.17. The van der Waals surface area contributed by atoms with Crippen molar-refractivity contribution in [3.63, 3.8) is 0 Å². The van der Waals surface area contributed by atoms with Crippen LogP contribution in [-0.2, 0) is 11.2 Å². The lowest BCUT2D eigenvalue weighted by molar-refractivity contribution is 0.0827. The van der Waals surface area contributed by atoms with Crippen LogP contribution in [0.4, 0.5) is 0 Å². The van der Waals surface area contributed by atoms with E-state index in [1.54, 1.807) is 12.1 Å². The molecule has 2 rings (SSSR count). The van der Waals surface area contributed by atoms with Gasteiger partial charge in [0.15, 0.2) is 0 Å². The topological polar surface area (TPSA) is 51.2 Å². The van der Waals surface area contributed by atoms with Gasteiger partial charge in [-0.1, -0.05) is 25.4 Å². The molecule has 2 unspecified atom stereocenters. The van der Waals surface area contributed by atoms with Gasteiger partial charge in [-0.25, -0.2) is 4.98 Å². The van der Waals surface area contributed by atoms with Crippen LogP contribution >= 0.6 is 11.6 Å². The Morgan fingerprint density at radius 3 is 3.00 bits per heavy atom. The Labute approximate surface area is 124 Å². The molecular weight excluding hydrogens is 276 g/mol. The Balaban J connectivity index is 1.96. The fourth-order valence-corrected chi connectivity index (χ4v) is 2.79. The molecule has 0 bridgehead atoms. The van der Waals surface area contributed by atoms with Crippen molar-refractivity contribution >= 4 is 17.5 Å². The van der Waals surface area contributed by atoms with E-state index in [1.165, 1.54) is 0 Å². The fourth-order valence-electron chi connectivity index (χ4n) is 2.57. The molecule has 4 nitrogen and oxygen atoms in total. The van der Waals surface area contributed by atoms with Gasteiger partial charge < -0.3 is 10.1 Å². The number of carbonyl (C=O) groups is 1. The van der Waals surface area contributed by atoms with E-state index in [1.807, 2.05) is 6.92 Å². The molecule has 2 heterocycles. The molecule has 2 atom stereocenters. The minimum Gasteiger partial charge on any atom is -0.378 e. The van der Waals surface area contributed by atoms with E-state index < -0.39 is 0 Å². The van der Waals surface area contributed by atoms with Crippen LogP contribution in [0.3, 0.4) is 0 Å². The second kappa shape index (κ2) is 7.04. The van der Waals surface area contributed by atoms with Crippen molar-refractivity contribution in [1.29, 1.82) is 0 Å². The summed E-state index contributed by atoms with van der Waals surface area (Å²) < 4.78 is 5.63. The van der Waals surface area contributed by atoms with Gasteiger partial charge in [0.1, 0.15) is 5.15 Å². The van der Waals surface area contributed by atoms with Crippen molar-refractivity contribution in [1.82, 2.24) is 10.3 Å². The highest BCUT2D eigenvalue weighted by molar-refractivity contribution is 6.29. The van der Waals surface area contributed by atoms with E-state index in [0.717, 1.165) is 31.6 Å². The van der Waals surface area contributed by atoms with Crippen LogP contribution in [-0.4, -0.2) is 30.1 Å². The van der Waals surface area contributed by atoms with Crippen LogP contribution in [0, 0.1) is 5.92 Å². The quantitative estimate of drug-likeness (QED) is 0.850. The van der Waals surface area contributed by atoms with Gasteiger partial charge in [-0.3, -0.25) is 4.79 Å². The first kappa shape index (κ1) is 15.3. The van der Waals surface area contributed by atoms with Gasteiger partial charge in [-0.15, -0.1) is 0 Å². The summed E-state index contributed by atoms with van der Waals surface area (Å²) in [5, 5.41) is 3.34. The average molecular weight is 297 g/mol. The summed E-state index contributed by atoms with van der Waals surface area (Å²) in [7, 11) is 0. The number of rotatable bonds is 5. The molecule has 0 aromatic carbocycles. The molecule has 1 aliphatic heterocycles. The standard InChI is InChI=1S/C15H21ClN2O2/c1-3-12-7-11(8-14(16)18-12)15(19)17-9-10-5-6-20-13(10)4-2/h7-8,10,13H,3-6,9H2,1-2H3,(H,17,19). The number of hydrogen-bond donors (Lipinski definition) is 1. The highest BCUT2D eigenvalue weighted by atomic mass is 35.5. The number of amides is 1. The first-order chi connectivity index (χ1) is 9.63. The van der Waals surface area contributed by atoms with Crippen molar-refractivity contribution in [3.8, 4) is 0 Å². The van der Waals surface area contributed by atoms with Gasteiger partial charge in [0.2, 0.25) is 0 Å². The van der Waals surface area contributed by atoms with E-state index in [0.29, 0.717) is 23.2 Å². The Morgan fingerprint density at radius 2 is 2.30 bits per heavy atom. The van der Waals surface area contributed by atoms with Crippen LogP contribution in [0.15, 0.2) is 12.1 Å². The van der Waals surface area contributed by atoms with Gasteiger partial charge in [-0.2, -0.15) is 0 Å². The predicted octanol–water partition coefficient (Wildman–Crippen LogP) is 2.84. The molecule has 0 radical (unpaired) electrons. The third-order valence-corrected chi connectivity index (χ3v) is 3.94. The van der Waals surface area contributed by atoms with Gasteiger partial charge in [0.25, 0.3) is 5.91 Å². The van der Waals surface area contributed by atoms with Gasteiger partial charge in [-0.05, 0) is 31.4 Å². The minimum absolute atomic E-state index is 0.0919. The summed E-state index contributed by atoms with van der Waals surface area (Å²) in [6, 6.07) is 3.40. The Morgan fingerprint density at radius 1 is 1.50 bits per heavy atom. The molecule has 0 saturated carbocycles. The summed E-state index contributed by atoms with van der Waals surface area (Å²) in [6.45, 7) is 5.54. The van der Waals surface area contributed by atoms with Gasteiger partial charge in [0.05, 0.1) is 6.10 Å². The molecule has 0 aliphatic carbocycles. The Kier molecular flexibility index (Phi) is 5.38. The minimum atomic E-state index is -0.0919. The van der Waals surface area contributed by atoms with E-state index in [2.05, 4.69) is 17.2 Å². The zero-order chi connectivity index (χ0) is 14.5. The number of pyridine rings is 1. The van der Waals surface area contributed by atoms with Gasteiger partial charge >= 0.3 is 0 Å². The van der Waals surface area contributed by atoms with E-state index in [4.69, 9.17) is 16.3 Å². The van der Waals surface area contributed by atoms with Crippen LogP contribution in [0.1, 0.15) is 42.7 Å². The number of carbonyl (C=O) groups excluding carboxylic acids is 1. The molecule has 110 valence electrons. The van der Waals surface area contributed by atoms with Crippen molar-refractivity contribution in [2.24, 2.45) is 5.92 Å². The molecule has 1 N–H and O–H groups in total. The molecule has 1 saturated heterocycles. The van der Waals surface area contributed by atoms with Crippen LogP contribution in [0.5, 0.6) is 0 Å². The van der Waals surface area contributed by atoms with E-state index in [-0.39, 0.29) is 12.0 Å². The molecule has 1 aromatic rings. The smallest absolute Gasteiger partial charge is 0.251 e. The lowest BCUT2D eigenvalue weighted by atomic mass is 9.99. The lowest BCUT2D eigenvalue weighted by Crippen LogP contribution is -2.32. The van der Waals surface area contributed by atoms with Crippen LogP contribution in [0.2, 0.25) is 5.15 Å². The monoisotopic (exact) mass is 296 g/mol. The molecule has 1 aliphatic rings.